The SMILES string of the molecule is CCCNC(=O)C(C)N(Cc1ccccc1F)C(=O)CN(c1cccc2ccccc12)S(C)(=O)=O. The molecule has 0 saturated carbocycles. The van der Waals surface area contributed by atoms with Crippen molar-refractivity contribution in [1.29, 1.82) is 0 Å². The Labute approximate surface area is 205 Å². The summed E-state index contributed by atoms with van der Waals surface area (Å²) in [6.45, 7) is 3.16. The first-order valence-corrected chi connectivity index (χ1v) is 13.2. The number of carbonyl (C=O) groups is 2. The molecule has 0 aliphatic carbocycles. The highest BCUT2D eigenvalue weighted by Gasteiger charge is 2.31. The number of sulfonamides is 1. The third-order valence-electron chi connectivity index (χ3n) is 5.73. The summed E-state index contributed by atoms with van der Waals surface area (Å²) in [5, 5.41) is 4.24. The van der Waals surface area contributed by atoms with Crippen LogP contribution in [0.4, 0.5) is 10.1 Å². The number of anilines is 1. The standard InChI is InChI=1S/C26H30FN3O4S/c1-4-16-28-26(32)19(2)29(17-21-11-6-8-14-23(21)27)25(31)18-30(35(3,33)34)24-15-9-12-20-10-5-7-13-22(20)24/h5-15,19H,4,16-18H2,1-3H3,(H,28,32). The van der Waals surface area contributed by atoms with Gasteiger partial charge < -0.3 is 10.2 Å². The van der Waals surface area contributed by atoms with Crippen LogP contribution in [0.2, 0.25) is 0 Å². The second kappa shape index (κ2) is 11.3. The molecule has 3 rings (SSSR count). The van der Waals surface area contributed by atoms with Crippen LogP contribution in [0.5, 0.6) is 0 Å². The summed E-state index contributed by atoms with van der Waals surface area (Å²) in [4.78, 5) is 27.5. The van der Waals surface area contributed by atoms with Crippen LogP contribution in [-0.4, -0.2) is 50.5 Å². The Balaban J connectivity index is 1.99. The van der Waals surface area contributed by atoms with Gasteiger partial charge >= 0.3 is 0 Å². The van der Waals surface area contributed by atoms with Gasteiger partial charge in [0, 0.05) is 24.0 Å². The zero-order chi connectivity index (χ0) is 25.6. The number of rotatable bonds is 10. The number of halogens is 1. The minimum Gasteiger partial charge on any atom is -0.354 e. The van der Waals surface area contributed by atoms with Crippen LogP contribution in [0, 0.1) is 5.82 Å². The molecule has 35 heavy (non-hydrogen) atoms. The van der Waals surface area contributed by atoms with Crippen LogP contribution in [0.3, 0.4) is 0 Å². The number of nitrogens with one attached hydrogen (secondary N) is 1. The lowest BCUT2D eigenvalue weighted by molar-refractivity contribution is -0.139. The molecule has 7 nitrogen and oxygen atoms in total. The first-order valence-electron chi connectivity index (χ1n) is 11.4. The molecular weight excluding hydrogens is 469 g/mol. The highest BCUT2D eigenvalue weighted by atomic mass is 32.2. The summed E-state index contributed by atoms with van der Waals surface area (Å²) >= 11 is 0. The van der Waals surface area contributed by atoms with Crippen LogP contribution in [0.25, 0.3) is 10.8 Å². The first kappa shape index (κ1) is 26.2. The molecule has 0 spiro atoms. The van der Waals surface area contributed by atoms with Gasteiger partial charge in [0.15, 0.2) is 0 Å². The van der Waals surface area contributed by atoms with E-state index >= 15 is 0 Å². The van der Waals surface area contributed by atoms with Gasteiger partial charge in [0.1, 0.15) is 18.4 Å². The first-order chi connectivity index (χ1) is 16.6. The molecule has 0 aromatic heterocycles. The molecule has 0 aliphatic rings. The van der Waals surface area contributed by atoms with E-state index < -0.39 is 40.2 Å². The molecule has 1 unspecified atom stereocenters. The van der Waals surface area contributed by atoms with E-state index in [9.17, 15) is 22.4 Å². The fraction of sp³-hybridized carbons (Fsp3) is 0.308. The number of fused-ring (bicyclic) bond motifs is 1. The molecule has 0 saturated heterocycles. The molecule has 0 fully saturated rings. The second-order valence-electron chi connectivity index (χ2n) is 8.35. The molecule has 0 radical (unpaired) electrons. The minimum atomic E-state index is -3.87. The summed E-state index contributed by atoms with van der Waals surface area (Å²) in [6, 6.07) is 17.5. The van der Waals surface area contributed by atoms with Crippen molar-refractivity contribution in [2.75, 3.05) is 23.7 Å². The van der Waals surface area contributed by atoms with Gasteiger partial charge in [-0.3, -0.25) is 13.9 Å². The van der Waals surface area contributed by atoms with Gasteiger partial charge in [-0.25, -0.2) is 12.8 Å². The van der Waals surface area contributed by atoms with Gasteiger partial charge in [-0.1, -0.05) is 61.5 Å². The second-order valence-corrected chi connectivity index (χ2v) is 10.3. The van der Waals surface area contributed by atoms with Crippen molar-refractivity contribution in [3.63, 3.8) is 0 Å². The van der Waals surface area contributed by atoms with Crippen molar-refractivity contribution in [3.05, 3.63) is 78.1 Å². The molecule has 186 valence electrons. The predicted molar refractivity (Wildman–Crippen MR) is 136 cm³/mol. The van der Waals surface area contributed by atoms with Crippen LogP contribution >= 0.6 is 0 Å². The third-order valence-corrected chi connectivity index (χ3v) is 6.86. The quantitative estimate of drug-likeness (QED) is 0.461. The normalized spacial score (nSPS) is 12.2. The van der Waals surface area contributed by atoms with Crippen molar-refractivity contribution in [2.24, 2.45) is 0 Å². The predicted octanol–water partition coefficient (Wildman–Crippen LogP) is 3.69. The summed E-state index contributed by atoms with van der Waals surface area (Å²) < 4.78 is 41.1. The Kier molecular flexibility index (Phi) is 8.45. The maximum Gasteiger partial charge on any atom is 0.244 e. The Morgan fingerprint density at radius 3 is 2.34 bits per heavy atom. The number of hydrogen-bond donors (Lipinski definition) is 1. The van der Waals surface area contributed by atoms with Crippen molar-refractivity contribution >= 4 is 38.3 Å². The number of benzene rings is 3. The lowest BCUT2D eigenvalue weighted by atomic mass is 10.1. The lowest BCUT2D eigenvalue weighted by Gasteiger charge is -2.31. The van der Waals surface area contributed by atoms with Crippen molar-refractivity contribution in [3.8, 4) is 0 Å². The van der Waals surface area contributed by atoms with E-state index in [1.54, 1.807) is 37.3 Å². The zero-order valence-corrected chi connectivity index (χ0v) is 20.9. The Morgan fingerprint density at radius 1 is 1.00 bits per heavy atom. The monoisotopic (exact) mass is 499 g/mol. The highest BCUT2D eigenvalue weighted by Crippen LogP contribution is 2.28. The van der Waals surface area contributed by atoms with Crippen LogP contribution in [0.1, 0.15) is 25.8 Å². The molecule has 1 atom stereocenters. The number of amides is 2. The number of carbonyl (C=O) groups excluding carboxylic acids is 2. The van der Waals surface area contributed by atoms with Crippen molar-refractivity contribution in [1.82, 2.24) is 10.2 Å². The van der Waals surface area contributed by atoms with Crippen LogP contribution < -0.4 is 9.62 Å². The molecule has 3 aromatic rings. The highest BCUT2D eigenvalue weighted by molar-refractivity contribution is 7.92. The van der Waals surface area contributed by atoms with Gasteiger partial charge in [-0.2, -0.15) is 0 Å². The zero-order valence-electron chi connectivity index (χ0n) is 20.1. The Hall–Kier alpha value is -3.46. The number of hydrogen-bond acceptors (Lipinski definition) is 4. The van der Waals surface area contributed by atoms with E-state index in [1.165, 1.54) is 23.1 Å². The van der Waals surface area contributed by atoms with E-state index in [-0.39, 0.29) is 12.1 Å². The van der Waals surface area contributed by atoms with Gasteiger partial charge in [0.05, 0.1) is 11.9 Å². The van der Waals surface area contributed by atoms with E-state index in [1.807, 2.05) is 25.1 Å². The molecule has 9 heteroatoms. The minimum absolute atomic E-state index is 0.181. The fourth-order valence-electron chi connectivity index (χ4n) is 3.81. The largest absolute Gasteiger partial charge is 0.354 e. The van der Waals surface area contributed by atoms with E-state index in [0.717, 1.165) is 15.9 Å². The average Bonchev–Trinajstić information content (AvgIpc) is 2.83. The topological polar surface area (TPSA) is 86.8 Å². The van der Waals surface area contributed by atoms with Crippen LogP contribution in [-0.2, 0) is 26.2 Å². The number of nitrogens with zero attached hydrogens (tertiary/aromatic N) is 2. The summed E-state index contributed by atoms with van der Waals surface area (Å²) in [5.74, 6) is -1.53. The van der Waals surface area contributed by atoms with Gasteiger partial charge in [-0.05, 0) is 30.9 Å². The maximum atomic E-state index is 14.4. The van der Waals surface area contributed by atoms with Gasteiger partial charge in [-0.15, -0.1) is 0 Å². The van der Waals surface area contributed by atoms with Gasteiger partial charge in [0.25, 0.3) is 0 Å². The summed E-state index contributed by atoms with van der Waals surface area (Å²) in [7, 11) is -3.87. The molecule has 0 heterocycles. The van der Waals surface area contributed by atoms with E-state index in [0.29, 0.717) is 24.0 Å². The van der Waals surface area contributed by atoms with Crippen molar-refractivity contribution in [2.45, 2.75) is 32.9 Å². The van der Waals surface area contributed by atoms with Gasteiger partial charge in [0.2, 0.25) is 21.8 Å². The molecule has 0 aliphatic heterocycles. The lowest BCUT2D eigenvalue weighted by Crippen LogP contribution is -2.51. The van der Waals surface area contributed by atoms with E-state index in [2.05, 4.69) is 5.32 Å². The molecule has 1 N–H and O–H groups in total. The summed E-state index contributed by atoms with van der Waals surface area (Å²) in [6.07, 6.45) is 1.74. The third kappa shape index (κ3) is 6.36. The Bertz CT molecular complexity index is 1310. The van der Waals surface area contributed by atoms with Crippen LogP contribution in [0.15, 0.2) is 66.7 Å². The fourth-order valence-corrected chi connectivity index (χ4v) is 4.67. The molecular formula is C26H30FN3O4S. The maximum absolute atomic E-state index is 14.4. The smallest absolute Gasteiger partial charge is 0.244 e. The molecule has 0 bridgehead atoms. The van der Waals surface area contributed by atoms with Crippen molar-refractivity contribution < 1.29 is 22.4 Å². The Morgan fingerprint density at radius 2 is 1.66 bits per heavy atom. The average molecular weight is 500 g/mol. The molecule has 3 aromatic carbocycles. The molecule has 2 amide bonds. The summed E-state index contributed by atoms with van der Waals surface area (Å²) in [5.41, 5.74) is 0.583. The van der Waals surface area contributed by atoms with E-state index in [4.69, 9.17) is 0 Å².